The first-order chi connectivity index (χ1) is 13.9. The first-order valence-electron chi connectivity index (χ1n) is 9.92. The maximum absolute atomic E-state index is 12.9. The Labute approximate surface area is 170 Å². The van der Waals surface area contributed by atoms with E-state index in [1.165, 1.54) is 6.07 Å². The molecule has 4 rings (SSSR count). The smallest absolute Gasteiger partial charge is 0.327 e. The highest BCUT2D eigenvalue weighted by molar-refractivity contribution is 7.93. The van der Waals surface area contributed by atoms with Crippen molar-refractivity contribution in [1.82, 2.24) is 4.90 Å². The maximum atomic E-state index is 12.9. The second-order valence-electron chi connectivity index (χ2n) is 7.51. The van der Waals surface area contributed by atoms with Crippen LogP contribution in [0.15, 0.2) is 41.3 Å². The van der Waals surface area contributed by atoms with E-state index in [1.807, 2.05) is 12.1 Å². The van der Waals surface area contributed by atoms with Crippen LogP contribution in [0, 0.1) is 0 Å². The van der Waals surface area contributed by atoms with Crippen LogP contribution in [-0.2, 0) is 24.3 Å². The molecule has 0 saturated carbocycles. The Morgan fingerprint density at radius 2 is 1.69 bits per heavy atom. The highest BCUT2D eigenvalue weighted by atomic mass is 32.2. The fourth-order valence-electron chi connectivity index (χ4n) is 4.08. The lowest BCUT2D eigenvalue weighted by Gasteiger charge is -2.25. The van der Waals surface area contributed by atoms with Gasteiger partial charge < -0.3 is 9.64 Å². The standard InChI is InChI=1S/C21H24N2O5S/c1-15(21(25)22-12-4-2-3-5-13-22)28-19(24)14-23-17-10-6-8-16-9-7-11-18(20(16)17)29(23,26)27/h6-11,15H,2-5,12-14H2,1H3/t15-/m0/s1. The van der Waals surface area contributed by atoms with Crippen molar-refractivity contribution in [3.05, 3.63) is 36.4 Å². The highest BCUT2D eigenvalue weighted by Crippen LogP contribution is 2.41. The number of likely N-dealkylation sites (tertiary alicyclic amines) is 1. The number of esters is 1. The van der Waals surface area contributed by atoms with Crippen LogP contribution in [-0.4, -0.2) is 50.9 Å². The van der Waals surface area contributed by atoms with Crippen LogP contribution in [0.2, 0.25) is 0 Å². The maximum Gasteiger partial charge on any atom is 0.327 e. The van der Waals surface area contributed by atoms with Gasteiger partial charge in [-0.1, -0.05) is 37.1 Å². The Bertz CT molecular complexity index is 1050. The fraction of sp³-hybridized carbons (Fsp3) is 0.429. The van der Waals surface area contributed by atoms with E-state index in [2.05, 4.69) is 0 Å². The van der Waals surface area contributed by atoms with Crippen LogP contribution in [0.3, 0.4) is 0 Å². The average Bonchev–Trinajstić information content (AvgIpc) is 2.90. The molecule has 0 bridgehead atoms. The number of benzene rings is 2. The molecule has 154 valence electrons. The molecule has 29 heavy (non-hydrogen) atoms. The summed E-state index contributed by atoms with van der Waals surface area (Å²) in [7, 11) is -3.84. The summed E-state index contributed by atoms with van der Waals surface area (Å²) in [6, 6.07) is 10.3. The molecular formula is C21H24N2O5S. The summed E-state index contributed by atoms with van der Waals surface area (Å²) in [5.74, 6) is -0.969. The van der Waals surface area contributed by atoms with Crippen molar-refractivity contribution in [2.45, 2.75) is 43.6 Å². The molecule has 1 fully saturated rings. The number of sulfonamides is 1. The van der Waals surface area contributed by atoms with Crippen LogP contribution in [0.5, 0.6) is 0 Å². The van der Waals surface area contributed by atoms with Gasteiger partial charge in [0.25, 0.3) is 15.9 Å². The second kappa shape index (κ2) is 7.67. The predicted molar refractivity (Wildman–Crippen MR) is 109 cm³/mol. The topological polar surface area (TPSA) is 84.0 Å². The van der Waals surface area contributed by atoms with Gasteiger partial charge >= 0.3 is 5.97 Å². The van der Waals surface area contributed by atoms with Crippen molar-refractivity contribution >= 4 is 38.4 Å². The normalized spacial score (nSPS) is 19.1. The molecule has 2 heterocycles. The molecule has 2 aromatic carbocycles. The molecule has 0 N–H and O–H groups in total. The van der Waals surface area contributed by atoms with Crippen molar-refractivity contribution in [1.29, 1.82) is 0 Å². The van der Waals surface area contributed by atoms with E-state index in [-0.39, 0.29) is 10.8 Å². The minimum absolute atomic E-state index is 0.187. The average molecular weight is 416 g/mol. The van der Waals surface area contributed by atoms with Crippen molar-refractivity contribution in [2.24, 2.45) is 0 Å². The number of carbonyl (C=O) groups is 2. The van der Waals surface area contributed by atoms with Crippen LogP contribution in [0.1, 0.15) is 32.6 Å². The Morgan fingerprint density at radius 1 is 1.03 bits per heavy atom. The van der Waals surface area contributed by atoms with E-state index in [9.17, 15) is 18.0 Å². The molecular weight excluding hydrogens is 392 g/mol. The summed E-state index contributed by atoms with van der Waals surface area (Å²) in [4.78, 5) is 27.0. The van der Waals surface area contributed by atoms with Crippen LogP contribution < -0.4 is 4.31 Å². The minimum atomic E-state index is -3.84. The van der Waals surface area contributed by atoms with Gasteiger partial charge in [0, 0.05) is 18.5 Å². The molecule has 0 aromatic heterocycles. The van der Waals surface area contributed by atoms with E-state index in [0.717, 1.165) is 35.4 Å². The van der Waals surface area contributed by atoms with Gasteiger partial charge in [-0.25, -0.2) is 8.42 Å². The third-order valence-corrected chi connectivity index (χ3v) is 7.33. The summed E-state index contributed by atoms with van der Waals surface area (Å²) in [5, 5.41) is 1.40. The van der Waals surface area contributed by atoms with E-state index in [1.54, 1.807) is 30.0 Å². The molecule has 1 atom stereocenters. The zero-order valence-electron chi connectivity index (χ0n) is 16.3. The third kappa shape index (κ3) is 3.57. The van der Waals surface area contributed by atoms with Crippen LogP contribution in [0.4, 0.5) is 5.69 Å². The van der Waals surface area contributed by atoms with Crippen molar-refractivity contribution in [2.75, 3.05) is 23.9 Å². The number of nitrogens with zero attached hydrogens (tertiary/aromatic N) is 2. The van der Waals surface area contributed by atoms with Crippen LogP contribution >= 0.6 is 0 Å². The molecule has 2 aromatic rings. The number of carbonyl (C=O) groups excluding carboxylic acids is 2. The van der Waals surface area contributed by atoms with Gasteiger partial charge in [-0.15, -0.1) is 0 Å². The van der Waals surface area contributed by atoms with E-state index < -0.39 is 28.6 Å². The number of anilines is 1. The van der Waals surface area contributed by atoms with Gasteiger partial charge in [-0.3, -0.25) is 13.9 Å². The predicted octanol–water partition coefficient (Wildman–Crippen LogP) is 2.68. The van der Waals surface area contributed by atoms with Gasteiger partial charge in [0.1, 0.15) is 6.54 Å². The second-order valence-corrected chi connectivity index (χ2v) is 9.35. The van der Waals surface area contributed by atoms with Crippen LogP contribution in [0.25, 0.3) is 10.8 Å². The van der Waals surface area contributed by atoms with E-state index in [4.69, 9.17) is 4.74 Å². The number of rotatable bonds is 4. The number of hydrogen-bond donors (Lipinski definition) is 0. The zero-order valence-corrected chi connectivity index (χ0v) is 17.2. The Morgan fingerprint density at radius 3 is 2.38 bits per heavy atom. The van der Waals surface area contributed by atoms with Gasteiger partial charge in [0.2, 0.25) is 0 Å². The largest absolute Gasteiger partial charge is 0.451 e. The third-order valence-electron chi connectivity index (χ3n) is 5.53. The lowest BCUT2D eigenvalue weighted by Crippen LogP contribution is -2.42. The van der Waals surface area contributed by atoms with Gasteiger partial charge in [-0.05, 0) is 37.3 Å². The van der Waals surface area contributed by atoms with Crippen molar-refractivity contribution < 1.29 is 22.7 Å². The molecule has 0 unspecified atom stereocenters. The SMILES string of the molecule is C[C@H](OC(=O)CN1c2cccc3cccc(c23)S1(=O)=O)C(=O)N1CCCCCC1. The Balaban J connectivity index is 1.49. The molecule has 0 radical (unpaired) electrons. The summed E-state index contributed by atoms with van der Waals surface area (Å²) in [6.45, 7) is 2.41. The molecule has 1 amide bonds. The van der Waals surface area contributed by atoms with E-state index in [0.29, 0.717) is 24.2 Å². The fourth-order valence-corrected chi connectivity index (χ4v) is 5.73. The number of hydrogen-bond acceptors (Lipinski definition) is 5. The Kier molecular flexibility index (Phi) is 5.21. The molecule has 1 saturated heterocycles. The molecule has 2 aliphatic rings. The summed E-state index contributed by atoms with van der Waals surface area (Å²) in [5.41, 5.74) is 0.460. The summed E-state index contributed by atoms with van der Waals surface area (Å²) in [6.07, 6.45) is 3.14. The lowest BCUT2D eigenvalue weighted by atomic mass is 10.1. The van der Waals surface area contributed by atoms with E-state index >= 15 is 0 Å². The summed E-state index contributed by atoms with van der Waals surface area (Å²) < 4.78 is 32.3. The monoisotopic (exact) mass is 416 g/mol. The first kappa shape index (κ1) is 19.7. The quantitative estimate of drug-likeness (QED) is 0.716. The number of ether oxygens (including phenoxy) is 1. The van der Waals surface area contributed by atoms with Gasteiger partial charge in [0.15, 0.2) is 6.10 Å². The lowest BCUT2D eigenvalue weighted by molar-refractivity contribution is -0.157. The molecule has 2 aliphatic heterocycles. The minimum Gasteiger partial charge on any atom is -0.451 e. The first-order valence-corrected chi connectivity index (χ1v) is 11.4. The molecule has 7 nitrogen and oxygen atoms in total. The zero-order chi connectivity index (χ0) is 20.6. The highest BCUT2D eigenvalue weighted by Gasteiger charge is 2.37. The molecule has 0 aliphatic carbocycles. The Hall–Kier alpha value is -2.61. The van der Waals surface area contributed by atoms with Gasteiger partial charge in [-0.2, -0.15) is 0 Å². The van der Waals surface area contributed by atoms with Gasteiger partial charge in [0.05, 0.1) is 10.6 Å². The van der Waals surface area contributed by atoms with Crippen molar-refractivity contribution in [3.63, 3.8) is 0 Å². The summed E-state index contributed by atoms with van der Waals surface area (Å²) >= 11 is 0. The van der Waals surface area contributed by atoms with Crippen molar-refractivity contribution in [3.8, 4) is 0 Å². The molecule has 8 heteroatoms. The number of amides is 1. The molecule has 0 spiro atoms.